The summed E-state index contributed by atoms with van der Waals surface area (Å²) in [5.74, 6) is 7.97. The SMILES string of the molecule is Clc1ccc(C#CCOc2nsnc2[C@@H]2CN3CCC2CC3)cc1. The van der Waals surface area contributed by atoms with Crippen LogP contribution in [-0.2, 0) is 0 Å². The van der Waals surface area contributed by atoms with Crippen LogP contribution in [0, 0.1) is 17.8 Å². The third-order valence-corrected chi connectivity index (χ3v) is 5.63. The second-order valence-electron chi connectivity index (χ2n) is 6.30. The molecule has 3 aliphatic heterocycles. The smallest absolute Gasteiger partial charge is 0.250 e. The molecule has 6 heteroatoms. The minimum Gasteiger partial charge on any atom is -0.463 e. The maximum Gasteiger partial charge on any atom is 0.250 e. The number of benzene rings is 1. The monoisotopic (exact) mass is 359 g/mol. The van der Waals surface area contributed by atoms with Crippen LogP contribution in [0.25, 0.3) is 0 Å². The van der Waals surface area contributed by atoms with Gasteiger partial charge in [0.1, 0.15) is 5.69 Å². The predicted molar refractivity (Wildman–Crippen MR) is 95.6 cm³/mol. The van der Waals surface area contributed by atoms with E-state index in [2.05, 4.69) is 25.5 Å². The molecule has 0 saturated carbocycles. The number of nitrogens with zero attached hydrogens (tertiary/aromatic N) is 3. The molecular formula is C18H18ClN3OS. The van der Waals surface area contributed by atoms with Crippen molar-refractivity contribution in [2.24, 2.45) is 5.92 Å². The normalized spacial score (nSPS) is 25.1. The number of hydrogen-bond acceptors (Lipinski definition) is 5. The van der Waals surface area contributed by atoms with E-state index in [0.717, 1.165) is 23.7 Å². The molecule has 4 nitrogen and oxygen atoms in total. The van der Waals surface area contributed by atoms with E-state index in [-0.39, 0.29) is 0 Å². The van der Waals surface area contributed by atoms with Crippen LogP contribution in [0.3, 0.4) is 0 Å². The van der Waals surface area contributed by atoms with Crippen molar-refractivity contribution in [3.63, 3.8) is 0 Å². The molecule has 1 aromatic carbocycles. The summed E-state index contributed by atoms with van der Waals surface area (Å²) in [4.78, 5) is 2.52. The summed E-state index contributed by atoms with van der Waals surface area (Å²) >= 11 is 7.11. The summed E-state index contributed by atoms with van der Waals surface area (Å²) in [6.45, 7) is 3.86. The average molecular weight is 360 g/mol. The first-order valence-corrected chi connectivity index (χ1v) is 9.32. The van der Waals surface area contributed by atoms with Gasteiger partial charge < -0.3 is 9.64 Å². The Labute approximate surface area is 151 Å². The molecule has 3 fully saturated rings. The number of halogens is 1. The van der Waals surface area contributed by atoms with E-state index < -0.39 is 0 Å². The molecule has 0 unspecified atom stereocenters. The van der Waals surface area contributed by atoms with Crippen molar-refractivity contribution in [1.82, 2.24) is 13.6 Å². The second kappa shape index (κ2) is 7.10. The van der Waals surface area contributed by atoms with Crippen LogP contribution in [0.1, 0.15) is 30.0 Å². The molecule has 2 aromatic rings. The van der Waals surface area contributed by atoms with Gasteiger partial charge in [0.15, 0.2) is 6.61 Å². The van der Waals surface area contributed by atoms with E-state index in [4.69, 9.17) is 16.3 Å². The molecule has 4 heterocycles. The number of hydrogen-bond donors (Lipinski definition) is 0. The molecule has 1 aromatic heterocycles. The first-order valence-electron chi connectivity index (χ1n) is 8.21. The molecule has 0 spiro atoms. The largest absolute Gasteiger partial charge is 0.463 e. The summed E-state index contributed by atoms with van der Waals surface area (Å²) in [5.41, 5.74) is 1.96. The van der Waals surface area contributed by atoms with Gasteiger partial charge in [-0.25, -0.2) is 0 Å². The highest BCUT2D eigenvalue weighted by molar-refractivity contribution is 6.99. The molecular weight excluding hydrogens is 342 g/mol. The van der Waals surface area contributed by atoms with E-state index in [0.29, 0.717) is 23.4 Å². The quantitative estimate of drug-likeness (QED) is 0.787. The maximum atomic E-state index is 5.87. The molecule has 2 bridgehead atoms. The van der Waals surface area contributed by atoms with Crippen LogP contribution in [0.2, 0.25) is 5.02 Å². The standard InChI is InChI=1S/C18H18ClN3OS/c19-15-5-3-13(4-6-15)2-1-11-23-18-17(20-24-21-18)16-12-22-9-7-14(16)8-10-22/h3-6,14,16H,7-12H2/t16-/m1/s1. The van der Waals surface area contributed by atoms with E-state index in [1.54, 1.807) is 0 Å². The van der Waals surface area contributed by atoms with Gasteiger partial charge in [-0.3, -0.25) is 0 Å². The van der Waals surface area contributed by atoms with E-state index in [1.165, 1.54) is 37.7 Å². The lowest BCUT2D eigenvalue weighted by molar-refractivity contribution is 0.0843. The summed E-state index contributed by atoms with van der Waals surface area (Å²) in [7, 11) is 0. The molecule has 0 amide bonds. The number of piperidine rings is 3. The molecule has 24 heavy (non-hydrogen) atoms. The third-order valence-electron chi connectivity index (χ3n) is 4.85. The summed E-state index contributed by atoms with van der Waals surface area (Å²) in [6.07, 6.45) is 2.52. The Balaban J connectivity index is 1.40. The fourth-order valence-electron chi connectivity index (χ4n) is 3.56. The Morgan fingerprint density at radius 2 is 2.00 bits per heavy atom. The highest BCUT2D eigenvalue weighted by Crippen LogP contribution is 2.41. The highest BCUT2D eigenvalue weighted by Gasteiger charge is 2.38. The van der Waals surface area contributed by atoms with Crippen LogP contribution in [0.15, 0.2) is 24.3 Å². The van der Waals surface area contributed by atoms with Gasteiger partial charge in [0.2, 0.25) is 5.88 Å². The molecule has 3 saturated heterocycles. The Kier molecular flexibility index (Phi) is 4.70. The maximum absolute atomic E-state index is 5.87. The number of fused-ring (bicyclic) bond motifs is 3. The van der Waals surface area contributed by atoms with Crippen LogP contribution >= 0.6 is 23.3 Å². The molecule has 3 aliphatic rings. The zero-order chi connectivity index (χ0) is 16.4. The molecule has 0 radical (unpaired) electrons. The highest BCUT2D eigenvalue weighted by atomic mass is 35.5. The van der Waals surface area contributed by atoms with Crippen molar-refractivity contribution >= 4 is 23.3 Å². The van der Waals surface area contributed by atoms with E-state index in [9.17, 15) is 0 Å². The zero-order valence-electron chi connectivity index (χ0n) is 13.2. The van der Waals surface area contributed by atoms with Crippen molar-refractivity contribution in [2.75, 3.05) is 26.2 Å². The van der Waals surface area contributed by atoms with E-state index in [1.807, 2.05) is 24.3 Å². The molecule has 124 valence electrons. The third kappa shape index (κ3) is 3.41. The lowest BCUT2D eigenvalue weighted by atomic mass is 9.77. The van der Waals surface area contributed by atoms with Gasteiger partial charge in [-0.05, 0) is 56.1 Å². The topological polar surface area (TPSA) is 38.3 Å². The van der Waals surface area contributed by atoms with Gasteiger partial charge in [-0.2, -0.15) is 4.37 Å². The molecule has 5 rings (SSSR count). The van der Waals surface area contributed by atoms with Gasteiger partial charge in [0.05, 0.1) is 11.7 Å². The molecule has 0 N–H and O–H groups in total. The lowest BCUT2D eigenvalue weighted by Gasteiger charge is -2.44. The van der Waals surface area contributed by atoms with Crippen LogP contribution in [-0.4, -0.2) is 39.9 Å². The Bertz CT molecular complexity index is 757. The van der Waals surface area contributed by atoms with Gasteiger partial charge >= 0.3 is 0 Å². The summed E-state index contributed by atoms with van der Waals surface area (Å²) in [6, 6.07) is 7.47. The van der Waals surface area contributed by atoms with Crippen LogP contribution in [0.4, 0.5) is 0 Å². The number of rotatable bonds is 3. The van der Waals surface area contributed by atoms with E-state index >= 15 is 0 Å². The van der Waals surface area contributed by atoms with Gasteiger partial charge in [0.25, 0.3) is 0 Å². The number of ether oxygens (including phenoxy) is 1. The van der Waals surface area contributed by atoms with Gasteiger partial charge in [-0.1, -0.05) is 23.4 Å². The minimum absolute atomic E-state index is 0.322. The lowest BCUT2D eigenvalue weighted by Crippen LogP contribution is -2.46. The van der Waals surface area contributed by atoms with Crippen molar-refractivity contribution in [1.29, 1.82) is 0 Å². The van der Waals surface area contributed by atoms with Gasteiger partial charge in [-0.15, -0.1) is 4.37 Å². The zero-order valence-corrected chi connectivity index (χ0v) is 14.8. The Morgan fingerprint density at radius 1 is 1.21 bits per heavy atom. The fourth-order valence-corrected chi connectivity index (χ4v) is 4.25. The van der Waals surface area contributed by atoms with Crippen molar-refractivity contribution in [3.8, 4) is 17.7 Å². The van der Waals surface area contributed by atoms with Crippen molar-refractivity contribution in [3.05, 3.63) is 40.5 Å². The predicted octanol–water partition coefficient (Wildman–Crippen LogP) is 3.43. The summed E-state index contributed by atoms with van der Waals surface area (Å²) in [5, 5.41) is 0.715. The van der Waals surface area contributed by atoms with Gasteiger partial charge in [0, 0.05) is 23.0 Å². The van der Waals surface area contributed by atoms with Crippen LogP contribution < -0.4 is 4.74 Å². The average Bonchev–Trinajstić information content (AvgIpc) is 3.09. The fraction of sp³-hybridized carbons (Fsp3) is 0.444. The van der Waals surface area contributed by atoms with Crippen molar-refractivity contribution in [2.45, 2.75) is 18.8 Å². The Morgan fingerprint density at radius 3 is 2.71 bits per heavy atom. The molecule has 1 atom stereocenters. The van der Waals surface area contributed by atoms with Crippen molar-refractivity contribution < 1.29 is 4.74 Å². The second-order valence-corrected chi connectivity index (χ2v) is 7.26. The number of aromatic nitrogens is 2. The first-order chi connectivity index (χ1) is 11.8. The molecule has 0 aliphatic carbocycles. The minimum atomic E-state index is 0.322. The summed E-state index contributed by atoms with van der Waals surface area (Å²) < 4.78 is 14.7. The van der Waals surface area contributed by atoms with Crippen LogP contribution in [0.5, 0.6) is 5.88 Å². The Hall–Kier alpha value is -1.61. The first kappa shape index (κ1) is 15.9.